The van der Waals surface area contributed by atoms with Gasteiger partial charge in [-0.1, -0.05) is 72.0 Å². The zero-order valence-corrected chi connectivity index (χ0v) is 23.5. The molecule has 4 aromatic rings. The highest BCUT2D eigenvalue weighted by atomic mass is 32.1. The second-order valence-corrected chi connectivity index (χ2v) is 11.3. The molecule has 0 aliphatic rings. The zero-order chi connectivity index (χ0) is 28.2. The Kier molecular flexibility index (Phi) is 10.9. The summed E-state index contributed by atoms with van der Waals surface area (Å²) in [6.45, 7) is 0. The van der Waals surface area contributed by atoms with Gasteiger partial charge < -0.3 is 5.32 Å². The zero-order valence-electron chi connectivity index (χ0n) is 21.9. The molecule has 0 saturated carbocycles. The molecule has 0 atom stereocenters. The van der Waals surface area contributed by atoms with E-state index in [-0.39, 0.29) is 55.4 Å². The van der Waals surface area contributed by atoms with Gasteiger partial charge in [0.15, 0.2) is 11.6 Å². The third-order valence-electron chi connectivity index (χ3n) is 6.00. The molecule has 0 aliphatic carbocycles. The largest absolute Gasteiger partial charge is 0.301 e. The first-order chi connectivity index (χ1) is 19.5. The van der Waals surface area contributed by atoms with E-state index in [2.05, 4.69) is 25.7 Å². The number of hydrogen-bond acceptors (Lipinski definition) is 10. The van der Waals surface area contributed by atoms with Crippen molar-refractivity contribution in [1.29, 1.82) is 0 Å². The van der Waals surface area contributed by atoms with Gasteiger partial charge in [0.2, 0.25) is 11.0 Å². The molecule has 11 heteroatoms. The summed E-state index contributed by atoms with van der Waals surface area (Å²) in [5.74, 6) is -0.389. The van der Waals surface area contributed by atoms with Crippen molar-refractivity contribution in [2.45, 2.75) is 57.8 Å². The van der Waals surface area contributed by atoms with Gasteiger partial charge in [-0.3, -0.25) is 19.2 Å². The number of unbranched alkanes of at least 4 members (excludes halogenated alkanes) is 1. The van der Waals surface area contributed by atoms with Crippen LogP contribution in [-0.2, 0) is 28.9 Å². The van der Waals surface area contributed by atoms with Crippen LogP contribution in [0, 0.1) is 0 Å². The Hall–Kier alpha value is -3.96. The average Bonchev–Trinajstić information content (AvgIpc) is 3.62. The monoisotopic (exact) mass is 575 g/mol. The molecule has 1 amide bonds. The quantitative estimate of drug-likeness (QED) is 0.140. The van der Waals surface area contributed by atoms with Crippen LogP contribution >= 0.6 is 22.7 Å². The lowest BCUT2D eigenvalue weighted by Gasteiger charge is -2.01. The van der Waals surface area contributed by atoms with Crippen molar-refractivity contribution >= 4 is 51.1 Å². The SMILES string of the molecule is O=C(CCC(=O)c1ccccc1)Cc1nnc(CCCCc2nnc(NC(=O)CCC(=O)c3ccccc3)s2)s1. The number of nitrogens with one attached hydrogen (secondary N) is 1. The van der Waals surface area contributed by atoms with E-state index in [1.54, 1.807) is 36.4 Å². The van der Waals surface area contributed by atoms with Crippen molar-refractivity contribution in [2.24, 2.45) is 0 Å². The molecule has 0 spiro atoms. The van der Waals surface area contributed by atoms with E-state index in [1.165, 1.54) is 22.7 Å². The Morgan fingerprint density at radius 2 is 1.12 bits per heavy atom. The first-order valence-corrected chi connectivity index (χ1v) is 14.7. The van der Waals surface area contributed by atoms with Gasteiger partial charge in [-0.2, -0.15) is 0 Å². The van der Waals surface area contributed by atoms with Gasteiger partial charge >= 0.3 is 0 Å². The molecule has 0 fully saturated rings. The summed E-state index contributed by atoms with van der Waals surface area (Å²) < 4.78 is 0. The predicted molar refractivity (Wildman–Crippen MR) is 154 cm³/mol. The minimum Gasteiger partial charge on any atom is -0.301 e. The lowest BCUT2D eigenvalue weighted by Crippen LogP contribution is -2.13. The molecule has 0 bridgehead atoms. The van der Waals surface area contributed by atoms with Crippen LogP contribution in [0.2, 0.25) is 0 Å². The molecule has 0 aliphatic heterocycles. The highest BCUT2D eigenvalue weighted by Crippen LogP contribution is 2.20. The average molecular weight is 576 g/mol. The van der Waals surface area contributed by atoms with Gasteiger partial charge in [-0.25, -0.2) is 0 Å². The molecule has 2 aromatic carbocycles. The molecule has 9 nitrogen and oxygen atoms in total. The summed E-state index contributed by atoms with van der Waals surface area (Å²) in [6, 6.07) is 17.9. The lowest BCUT2D eigenvalue weighted by molar-refractivity contribution is -0.118. The lowest BCUT2D eigenvalue weighted by atomic mass is 10.0. The van der Waals surface area contributed by atoms with Gasteiger partial charge in [-0.15, -0.1) is 31.7 Å². The number of Topliss-reactive ketones (excluding diaryl/α,β-unsaturated/α-hetero) is 3. The van der Waals surface area contributed by atoms with E-state index in [1.807, 2.05) is 24.3 Å². The molecule has 0 saturated heterocycles. The van der Waals surface area contributed by atoms with E-state index < -0.39 is 0 Å². The standard InChI is InChI=1S/C29H29N5O4S2/c35-22(15-16-23(36)20-9-3-1-4-10-20)19-28-33-31-26(39-28)13-7-8-14-27-32-34-29(40-27)30-25(38)18-17-24(37)21-11-5-2-6-12-21/h1-6,9-12H,7-8,13-19H2,(H,30,34,38). The van der Waals surface area contributed by atoms with Gasteiger partial charge in [0, 0.05) is 49.7 Å². The number of ketones is 3. The Morgan fingerprint density at radius 1 is 0.600 bits per heavy atom. The van der Waals surface area contributed by atoms with Gasteiger partial charge in [-0.05, 0) is 12.8 Å². The molecule has 206 valence electrons. The first-order valence-electron chi connectivity index (χ1n) is 13.1. The maximum absolute atomic E-state index is 12.3. The maximum atomic E-state index is 12.3. The van der Waals surface area contributed by atoms with Gasteiger partial charge in [0.1, 0.15) is 20.8 Å². The van der Waals surface area contributed by atoms with Crippen LogP contribution in [0.4, 0.5) is 5.13 Å². The van der Waals surface area contributed by atoms with Crippen molar-refractivity contribution in [1.82, 2.24) is 20.4 Å². The van der Waals surface area contributed by atoms with Gasteiger partial charge in [0.25, 0.3) is 0 Å². The Bertz CT molecular complexity index is 1330. The van der Waals surface area contributed by atoms with Crippen molar-refractivity contribution in [3.8, 4) is 0 Å². The Balaban J connectivity index is 1.10. The summed E-state index contributed by atoms with van der Waals surface area (Å²) in [5, 5.41) is 22.0. The van der Waals surface area contributed by atoms with E-state index in [9.17, 15) is 19.2 Å². The number of carbonyl (C=O) groups is 4. The highest BCUT2D eigenvalue weighted by Gasteiger charge is 2.14. The molecule has 0 unspecified atom stereocenters. The molecule has 1 N–H and O–H groups in total. The van der Waals surface area contributed by atoms with Crippen LogP contribution in [0.5, 0.6) is 0 Å². The number of nitrogens with zero attached hydrogens (tertiary/aromatic N) is 4. The second-order valence-electron chi connectivity index (χ2n) is 9.14. The maximum Gasteiger partial charge on any atom is 0.226 e. The molecule has 40 heavy (non-hydrogen) atoms. The third-order valence-corrected chi connectivity index (χ3v) is 7.88. The smallest absolute Gasteiger partial charge is 0.226 e. The van der Waals surface area contributed by atoms with E-state index >= 15 is 0 Å². The van der Waals surface area contributed by atoms with Crippen LogP contribution in [-0.4, -0.2) is 43.7 Å². The topological polar surface area (TPSA) is 132 Å². The minimum absolute atomic E-state index is 0.0195. The number of anilines is 1. The summed E-state index contributed by atoms with van der Waals surface area (Å²) in [5.41, 5.74) is 1.22. The molecule has 0 radical (unpaired) electrons. The molecule has 4 rings (SSSR count). The number of aromatic nitrogens is 4. The Labute approximate surface area is 240 Å². The van der Waals surface area contributed by atoms with Crippen LogP contribution in [0.1, 0.15) is 74.3 Å². The second kappa shape index (κ2) is 15.0. The fraction of sp³-hybridized carbons (Fsp3) is 0.310. The first kappa shape index (κ1) is 29.0. The van der Waals surface area contributed by atoms with E-state index in [4.69, 9.17) is 0 Å². The predicted octanol–water partition coefficient (Wildman–Crippen LogP) is 5.33. The van der Waals surface area contributed by atoms with Crippen LogP contribution in [0.3, 0.4) is 0 Å². The normalized spacial score (nSPS) is 10.8. The summed E-state index contributed by atoms with van der Waals surface area (Å²) in [7, 11) is 0. The van der Waals surface area contributed by atoms with Gasteiger partial charge in [0.05, 0.1) is 6.42 Å². The third kappa shape index (κ3) is 9.35. The van der Waals surface area contributed by atoms with Crippen molar-refractivity contribution in [2.75, 3.05) is 5.32 Å². The Morgan fingerprint density at radius 3 is 1.75 bits per heavy atom. The molecule has 2 heterocycles. The fourth-order valence-corrected chi connectivity index (χ4v) is 5.59. The highest BCUT2D eigenvalue weighted by molar-refractivity contribution is 7.15. The summed E-state index contributed by atoms with van der Waals surface area (Å²) >= 11 is 2.76. The molecular formula is C29H29N5O4S2. The number of benzene rings is 2. The summed E-state index contributed by atoms with van der Waals surface area (Å²) in [6.07, 6.45) is 4.01. The van der Waals surface area contributed by atoms with E-state index in [0.29, 0.717) is 21.3 Å². The van der Waals surface area contributed by atoms with Crippen LogP contribution < -0.4 is 5.32 Å². The number of rotatable bonds is 16. The van der Waals surface area contributed by atoms with Crippen molar-refractivity contribution < 1.29 is 19.2 Å². The van der Waals surface area contributed by atoms with Crippen LogP contribution in [0.25, 0.3) is 0 Å². The van der Waals surface area contributed by atoms with E-state index in [0.717, 1.165) is 35.7 Å². The van der Waals surface area contributed by atoms with Crippen molar-refractivity contribution in [3.63, 3.8) is 0 Å². The molecule has 2 aromatic heterocycles. The molecular weight excluding hydrogens is 546 g/mol. The number of carbonyl (C=O) groups excluding carboxylic acids is 4. The summed E-state index contributed by atoms with van der Waals surface area (Å²) in [4.78, 5) is 48.8. The van der Waals surface area contributed by atoms with Crippen LogP contribution in [0.15, 0.2) is 60.7 Å². The minimum atomic E-state index is -0.264. The number of amides is 1. The fourth-order valence-electron chi connectivity index (χ4n) is 3.87. The number of hydrogen-bond donors (Lipinski definition) is 1. The van der Waals surface area contributed by atoms with Crippen molar-refractivity contribution in [3.05, 3.63) is 86.8 Å². The number of aryl methyl sites for hydroxylation is 2.